The topological polar surface area (TPSA) is 29.5 Å². The number of Topliss-reactive ketones (excluding diaryl/α,β-unsaturated/α-hetero) is 1. The van der Waals surface area contributed by atoms with Crippen LogP contribution in [-0.4, -0.2) is 42.5 Å². The maximum Gasteiger partial charge on any atom is 0.183 e. The summed E-state index contributed by atoms with van der Waals surface area (Å²) >= 11 is 1.63. The zero-order valence-electron chi connectivity index (χ0n) is 10.7. The van der Waals surface area contributed by atoms with Crippen LogP contribution in [0.5, 0.6) is 0 Å². The van der Waals surface area contributed by atoms with Gasteiger partial charge in [-0.05, 0) is 32.2 Å². The number of thiophene rings is 1. The van der Waals surface area contributed by atoms with Crippen molar-refractivity contribution < 1.29 is 9.53 Å². The Balaban J connectivity index is 2.19. The van der Waals surface area contributed by atoms with Crippen molar-refractivity contribution in [3.63, 3.8) is 0 Å². The SMILES string of the molecule is Cc1sccc1C(=O)C(C)(C)N1CCOCC1. The fourth-order valence-electron chi connectivity index (χ4n) is 2.22. The lowest BCUT2D eigenvalue weighted by molar-refractivity contribution is -0.00430. The predicted molar refractivity (Wildman–Crippen MR) is 69.9 cm³/mol. The van der Waals surface area contributed by atoms with Gasteiger partial charge in [0.15, 0.2) is 5.78 Å². The third kappa shape index (κ3) is 2.44. The Bertz CT molecular complexity index is 405. The van der Waals surface area contributed by atoms with Gasteiger partial charge in [0.05, 0.1) is 18.8 Å². The van der Waals surface area contributed by atoms with E-state index < -0.39 is 5.54 Å². The third-order valence-electron chi connectivity index (χ3n) is 3.46. The molecule has 0 spiro atoms. The van der Waals surface area contributed by atoms with Gasteiger partial charge in [0, 0.05) is 23.5 Å². The standard InChI is InChI=1S/C13H19NO2S/c1-10-11(4-9-17-10)12(15)13(2,3)14-5-7-16-8-6-14/h4,9H,5-8H2,1-3H3. The maximum atomic E-state index is 12.6. The minimum absolute atomic E-state index is 0.221. The Morgan fingerprint density at radius 3 is 2.59 bits per heavy atom. The van der Waals surface area contributed by atoms with Crippen molar-refractivity contribution in [1.29, 1.82) is 0 Å². The van der Waals surface area contributed by atoms with E-state index in [4.69, 9.17) is 4.74 Å². The molecule has 1 aromatic rings. The molecule has 2 rings (SSSR count). The number of nitrogens with zero attached hydrogens (tertiary/aromatic N) is 1. The van der Waals surface area contributed by atoms with E-state index in [0.29, 0.717) is 0 Å². The molecule has 0 bridgehead atoms. The minimum Gasteiger partial charge on any atom is -0.379 e. The molecule has 94 valence electrons. The van der Waals surface area contributed by atoms with Crippen LogP contribution in [0.25, 0.3) is 0 Å². The van der Waals surface area contributed by atoms with E-state index in [1.807, 2.05) is 32.2 Å². The first-order valence-electron chi connectivity index (χ1n) is 5.95. The molecule has 0 radical (unpaired) electrons. The Morgan fingerprint density at radius 2 is 2.06 bits per heavy atom. The molecule has 0 aromatic carbocycles. The Morgan fingerprint density at radius 1 is 1.41 bits per heavy atom. The van der Waals surface area contributed by atoms with Crippen molar-refractivity contribution in [2.75, 3.05) is 26.3 Å². The number of morpholine rings is 1. The molecule has 0 atom stereocenters. The zero-order valence-corrected chi connectivity index (χ0v) is 11.5. The largest absolute Gasteiger partial charge is 0.379 e. The normalized spacial score (nSPS) is 18.3. The molecule has 2 heterocycles. The molecular formula is C13H19NO2S. The van der Waals surface area contributed by atoms with E-state index in [1.165, 1.54) is 0 Å². The van der Waals surface area contributed by atoms with Crippen LogP contribution < -0.4 is 0 Å². The van der Waals surface area contributed by atoms with E-state index >= 15 is 0 Å². The average Bonchev–Trinajstić information content (AvgIpc) is 2.75. The van der Waals surface area contributed by atoms with Gasteiger partial charge >= 0.3 is 0 Å². The highest BCUT2D eigenvalue weighted by molar-refractivity contribution is 7.10. The number of hydrogen-bond donors (Lipinski definition) is 0. The molecule has 0 unspecified atom stereocenters. The monoisotopic (exact) mass is 253 g/mol. The number of carbonyl (C=O) groups excluding carboxylic acids is 1. The fourth-order valence-corrected chi connectivity index (χ4v) is 2.91. The van der Waals surface area contributed by atoms with Gasteiger partial charge in [0.25, 0.3) is 0 Å². The first-order valence-corrected chi connectivity index (χ1v) is 6.83. The summed E-state index contributed by atoms with van der Waals surface area (Å²) in [7, 11) is 0. The van der Waals surface area contributed by atoms with Crippen molar-refractivity contribution in [3.05, 3.63) is 21.9 Å². The van der Waals surface area contributed by atoms with E-state index in [-0.39, 0.29) is 5.78 Å². The summed E-state index contributed by atoms with van der Waals surface area (Å²) in [5.74, 6) is 0.221. The van der Waals surface area contributed by atoms with Crippen LogP contribution >= 0.6 is 11.3 Å². The molecule has 0 amide bonds. The van der Waals surface area contributed by atoms with E-state index in [2.05, 4.69) is 4.90 Å². The molecule has 0 aliphatic carbocycles. The van der Waals surface area contributed by atoms with Gasteiger partial charge in [0.2, 0.25) is 0 Å². The summed E-state index contributed by atoms with van der Waals surface area (Å²) in [6.07, 6.45) is 0. The van der Waals surface area contributed by atoms with E-state index in [9.17, 15) is 4.79 Å². The summed E-state index contributed by atoms with van der Waals surface area (Å²) < 4.78 is 5.34. The van der Waals surface area contributed by atoms with Crippen LogP contribution in [0.15, 0.2) is 11.4 Å². The molecule has 1 aromatic heterocycles. The minimum atomic E-state index is -0.435. The summed E-state index contributed by atoms with van der Waals surface area (Å²) in [4.78, 5) is 15.9. The smallest absolute Gasteiger partial charge is 0.183 e. The number of ether oxygens (including phenoxy) is 1. The molecule has 1 saturated heterocycles. The predicted octanol–water partition coefficient (Wildman–Crippen LogP) is 2.35. The van der Waals surface area contributed by atoms with Gasteiger partial charge in [-0.2, -0.15) is 0 Å². The van der Waals surface area contributed by atoms with Crippen molar-refractivity contribution in [2.45, 2.75) is 26.3 Å². The van der Waals surface area contributed by atoms with Crippen molar-refractivity contribution >= 4 is 17.1 Å². The van der Waals surface area contributed by atoms with E-state index in [0.717, 1.165) is 36.7 Å². The first-order chi connectivity index (χ1) is 8.03. The lowest BCUT2D eigenvalue weighted by Crippen LogP contribution is -2.54. The van der Waals surface area contributed by atoms with Gasteiger partial charge in [-0.3, -0.25) is 9.69 Å². The number of hydrogen-bond acceptors (Lipinski definition) is 4. The molecule has 4 heteroatoms. The highest BCUT2D eigenvalue weighted by Crippen LogP contribution is 2.25. The van der Waals surface area contributed by atoms with Gasteiger partial charge in [-0.1, -0.05) is 0 Å². The summed E-state index contributed by atoms with van der Waals surface area (Å²) in [5, 5.41) is 1.98. The Labute approximate surface area is 106 Å². The van der Waals surface area contributed by atoms with Crippen LogP contribution in [0.3, 0.4) is 0 Å². The van der Waals surface area contributed by atoms with Crippen LogP contribution in [0.2, 0.25) is 0 Å². The van der Waals surface area contributed by atoms with Gasteiger partial charge < -0.3 is 4.74 Å². The molecule has 0 saturated carbocycles. The average molecular weight is 253 g/mol. The number of ketones is 1. The lowest BCUT2D eigenvalue weighted by atomic mass is 9.91. The molecule has 0 N–H and O–H groups in total. The fraction of sp³-hybridized carbons (Fsp3) is 0.615. The number of carbonyl (C=O) groups is 1. The van der Waals surface area contributed by atoms with Crippen LogP contribution in [-0.2, 0) is 4.74 Å². The van der Waals surface area contributed by atoms with Crippen LogP contribution in [0.1, 0.15) is 29.1 Å². The Hall–Kier alpha value is -0.710. The molecule has 1 fully saturated rings. The lowest BCUT2D eigenvalue weighted by Gasteiger charge is -2.39. The second kappa shape index (κ2) is 4.88. The zero-order chi connectivity index (χ0) is 12.5. The van der Waals surface area contributed by atoms with Gasteiger partial charge in [0.1, 0.15) is 0 Å². The summed E-state index contributed by atoms with van der Waals surface area (Å²) in [5.41, 5.74) is 0.432. The highest BCUT2D eigenvalue weighted by atomic mass is 32.1. The van der Waals surface area contributed by atoms with Crippen LogP contribution in [0, 0.1) is 6.92 Å². The summed E-state index contributed by atoms with van der Waals surface area (Å²) in [6.45, 7) is 9.14. The molecular weight excluding hydrogens is 234 g/mol. The first kappa shape index (κ1) is 12.7. The van der Waals surface area contributed by atoms with Gasteiger partial charge in [-0.15, -0.1) is 11.3 Å². The molecule has 1 aliphatic rings. The second-order valence-corrected chi connectivity index (χ2v) is 6.00. The van der Waals surface area contributed by atoms with Crippen molar-refractivity contribution in [2.24, 2.45) is 0 Å². The number of aryl methyl sites for hydroxylation is 1. The van der Waals surface area contributed by atoms with Crippen LogP contribution in [0.4, 0.5) is 0 Å². The van der Waals surface area contributed by atoms with Crippen molar-refractivity contribution in [3.8, 4) is 0 Å². The molecule has 17 heavy (non-hydrogen) atoms. The third-order valence-corrected chi connectivity index (χ3v) is 4.31. The van der Waals surface area contributed by atoms with E-state index in [1.54, 1.807) is 11.3 Å². The summed E-state index contributed by atoms with van der Waals surface area (Å²) in [6, 6.07) is 1.94. The second-order valence-electron chi connectivity index (χ2n) is 4.88. The Kier molecular flexibility index (Phi) is 3.66. The quantitative estimate of drug-likeness (QED) is 0.774. The molecule has 1 aliphatic heterocycles. The maximum absolute atomic E-state index is 12.6. The molecule has 3 nitrogen and oxygen atoms in total. The van der Waals surface area contributed by atoms with Crippen molar-refractivity contribution in [1.82, 2.24) is 4.90 Å². The number of rotatable bonds is 3. The highest BCUT2D eigenvalue weighted by Gasteiger charge is 2.36. The van der Waals surface area contributed by atoms with Gasteiger partial charge in [-0.25, -0.2) is 0 Å².